The van der Waals surface area contributed by atoms with Crippen molar-refractivity contribution in [3.63, 3.8) is 0 Å². The van der Waals surface area contributed by atoms with Gasteiger partial charge in [0.1, 0.15) is 0 Å². The molecule has 0 aliphatic carbocycles. The van der Waals surface area contributed by atoms with Crippen LogP contribution >= 0.6 is 0 Å². The number of fused-ring (bicyclic) bond motifs is 2. The van der Waals surface area contributed by atoms with Crippen molar-refractivity contribution in [1.29, 1.82) is 0 Å². The highest BCUT2D eigenvalue weighted by Crippen LogP contribution is 2.34. The fraction of sp³-hybridized carbons (Fsp3) is 0.941. The van der Waals surface area contributed by atoms with E-state index in [-0.39, 0.29) is 0 Å². The number of guanidine groups is 1. The average molecular weight is 308 g/mol. The minimum absolute atomic E-state index is 0.398. The van der Waals surface area contributed by atoms with Crippen molar-refractivity contribution in [2.75, 3.05) is 26.2 Å². The summed E-state index contributed by atoms with van der Waals surface area (Å²) in [4.78, 5) is 7.48. The Morgan fingerprint density at radius 2 is 2.09 bits per heavy atom. The van der Waals surface area contributed by atoms with Crippen LogP contribution in [0.3, 0.4) is 0 Å². The van der Waals surface area contributed by atoms with E-state index in [4.69, 9.17) is 9.73 Å². The zero-order chi connectivity index (χ0) is 15.4. The fourth-order valence-corrected chi connectivity index (χ4v) is 4.09. The van der Waals surface area contributed by atoms with E-state index in [1.807, 2.05) is 0 Å². The van der Waals surface area contributed by atoms with Crippen LogP contribution in [0.15, 0.2) is 4.99 Å². The molecule has 3 rings (SSSR count). The summed E-state index contributed by atoms with van der Waals surface area (Å²) in [5.74, 6) is 0.973. The quantitative estimate of drug-likeness (QED) is 0.580. The third-order valence-electron chi connectivity index (χ3n) is 5.36. The van der Waals surface area contributed by atoms with Crippen LogP contribution < -0.4 is 10.6 Å². The lowest BCUT2D eigenvalue weighted by Crippen LogP contribution is -2.48. The first-order valence-electron chi connectivity index (χ1n) is 9.24. The molecule has 5 heteroatoms. The van der Waals surface area contributed by atoms with E-state index < -0.39 is 0 Å². The molecule has 0 spiro atoms. The van der Waals surface area contributed by atoms with Gasteiger partial charge in [0, 0.05) is 12.6 Å². The zero-order valence-electron chi connectivity index (χ0n) is 14.2. The predicted molar refractivity (Wildman–Crippen MR) is 90.3 cm³/mol. The highest BCUT2D eigenvalue weighted by Gasteiger charge is 2.41. The van der Waals surface area contributed by atoms with Crippen LogP contribution in [0, 0.1) is 0 Å². The Morgan fingerprint density at radius 1 is 1.27 bits per heavy atom. The Kier molecular flexibility index (Phi) is 5.58. The Morgan fingerprint density at radius 3 is 2.68 bits per heavy atom. The van der Waals surface area contributed by atoms with Gasteiger partial charge in [0.05, 0.1) is 24.8 Å². The summed E-state index contributed by atoms with van der Waals surface area (Å²) >= 11 is 0. The number of hydrogen-bond donors (Lipinski definition) is 2. The van der Waals surface area contributed by atoms with Gasteiger partial charge in [-0.25, -0.2) is 0 Å². The minimum atomic E-state index is 0.398. The maximum atomic E-state index is 5.94. The maximum Gasteiger partial charge on any atom is 0.191 e. The molecule has 3 aliphatic rings. The molecule has 0 radical (unpaired) electrons. The highest BCUT2D eigenvalue weighted by molar-refractivity contribution is 5.80. The van der Waals surface area contributed by atoms with Crippen molar-refractivity contribution in [2.45, 2.75) is 76.7 Å². The first-order valence-corrected chi connectivity index (χ1v) is 9.24. The van der Waals surface area contributed by atoms with Crippen molar-refractivity contribution in [1.82, 2.24) is 15.5 Å². The Labute approximate surface area is 134 Å². The first kappa shape index (κ1) is 16.1. The maximum absolute atomic E-state index is 5.94. The topological polar surface area (TPSA) is 48.9 Å². The van der Waals surface area contributed by atoms with Crippen molar-refractivity contribution < 1.29 is 4.74 Å². The van der Waals surface area contributed by atoms with Crippen LogP contribution in [-0.2, 0) is 4.74 Å². The highest BCUT2D eigenvalue weighted by atomic mass is 16.5. The number of ether oxygens (including phenoxy) is 1. The van der Waals surface area contributed by atoms with Gasteiger partial charge in [-0.05, 0) is 58.5 Å². The smallest absolute Gasteiger partial charge is 0.191 e. The third kappa shape index (κ3) is 3.74. The SMILES string of the molecule is CCNC(=NCC(CC)N1CCCC1)NC1CC2CCC1O2. The molecule has 4 unspecified atom stereocenters. The van der Waals surface area contributed by atoms with Crippen LogP contribution in [0.25, 0.3) is 0 Å². The summed E-state index contributed by atoms with van der Waals surface area (Å²) in [6, 6.07) is 1.04. The van der Waals surface area contributed by atoms with E-state index in [9.17, 15) is 0 Å². The summed E-state index contributed by atoms with van der Waals surface area (Å²) < 4.78 is 5.94. The largest absolute Gasteiger partial charge is 0.373 e. The van der Waals surface area contributed by atoms with Gasteiger partial charge in [-0.1, -0.05) is 6.92 Å². The molecule has 3 heterocycles. The van der Waals surface area contributed by atoms with E-state index in [1.165, 1.54) is 45.2 Å². The second-order valence-corrected chi connectivity index (χ2v) is 6.89. The second-order valence-electron chi connectivity index (χ2n) is 6.89. The van der Waals surface area contributed by atoms with Gasteiger partial charge in [0.15, 0.2) is 5.96 Å². The third-order valence-corrected chi connectivity index (χ3v) is 5.36. The van der Waals surface area contributed by atoms with Gasteiger partial charge in [0.2, 0.25) is 0 Å². The Bertz CT molecular complexity index is 381. The first-order chi connectivity index (χ1) is 10.8. The average Bonchev–Trinajstić information content (AvgIpc) is 3.25. The molecule has 3 saturated heterocycles. The molecule has 0 saturated carbocycles. The van der Waals surface area contributed by atoms with Crippen LogP contribution in [-0.4, -0.2) is 61.3 Å². The van der Waals surface area contributed by atoms with Crippen molar-refractivity contribution in [3.8, 4) is 0 Å². The molecular formula is C17H32N4O. The molecule has 126 valence electrons. The second kappa shape index (κ2) is 7.64. The lowest BCUT2D eigenvalue weighted by Gasteiger charge is -2.26. The van der Waals surface area contributed by atoms with Gasteiger partial charge < -0.3 is 15.4 Å². The van der Waals surface area contributed by atoms with Crippen LogP contribution in [0.1, 0.15) is 52.4 Å². The van der Waals surface area contributed by atoms with Crippen molar-refractivity contribution >= 4 is 5.96 Å². The van der Waals surface area contributed by atoms with Crippen LogP contribution in [0.4, 0.5) is 0 Å². The van der Waals surface area contributed by atoms with Gasteiger partial charge in [-0.15, -0.1) is 0 Å². The zero-order valence-corrected chi connectivity index (χ0v) is 14.2. The van der Waals surface area contributed by atoms with Crippen LogP contribution in [0.2, 0.25) is 0 Å². The standard InChI is InChI=1S/C17H32N4O/c1-3-13(21-9-5-6-10-21)12-19-17(18-4-2)20-15-11-14-7-8-16(15)22-14/h13-16H,3-12H2,1-2H3,(H2,18,19,20). The molecule has 3 aliphatic heterocycles. The normalized spacial score (nSPS) is 33.4. The Balaban J connectivity index is 1.54. The molecular weight excluding hydrogens is 276 g/mol. The van der Waals surface area contributed by atoms with E-state index in [0.717, 1.165) is 25.5 Å². The number of nitrogens with one attached hydrogen (secondary N) is 2. The van der Waals surface area contributed by atoms with Crippen molar-refractivity contribution in [2.24, 2.45) is 4.99 Å². The molecule has 0 aromatic rings. The molecule has 3 fully saturated rings. The van der Waals surface area contributed by atoms with E-state index in [1.54, 1.807) is 0 Å². The van der Waals surface area contributed by atoms with Crippen molar-refractivity contribution in [3.05, 3.63) is 0 Å². The molecule has 22 heavy (non-hydrogen) atoms. The predicted octanol–water partition coefficient (Wildman–Crippen LogP) is 1.74. The molecule has 2 bridgehead atoms. The number of aliphatic imine (C=N–C) groups is 1. The summed E-state index contributed by atoms with van der Waals surface area (Å²) in [5.41, 5.74) is 0. The minimum Gasteiger partial charge on any atom is -0.373 e. The van der Waals surface area contributed by atoms with Crippen LogP contribution in [0.5, 0.6) is 0 Å². The number of hydrogen-bond acceptors (Lipinski definition) is 3. The van der Waals surface area contributed by atoms with E-state index in [2.05, 4.69) is 29.4 Å². The number of likely N-dealkylation sites (tertiary alicyclic amines) is 1. The molecule has 4 atom stereocenters. The van der Waals surface area contributed by atoms with Gasteiger partial charge in [-0.3, -0.25) is 9.89 Å². The van der Waals surface area contributed by atoms with E-state index in [0.29, 0.717) is 24.3 Å². The molecule has 5 nitrogen and oxygen atoms in total. The van der Waals surface area contributed by atoms with Gasteiger partial charge >= 0.3 is 0 Å². The fourth-order valence-electron chi connectivity index (χ4n) is 4.09. The van der Waals surface area contributed by atoms with Gasteiger partial charge in [-0.2, -0.15) is 0 Å². The summed E-state index contributed by atoms with van der Waals surface area (Å²) in [5, 5.41) is 7.02. The van der Waals surface area contributed by atoms with Gasteiger partial charge in [0.25, 0.3) is 0 Å². The lowest BCUT2D eigenvalue weighted by atomic mass is 9.96. The summed E-state index contributed by atoms with van der Waals surface area (Å²) in [6.07, 6.45) is 8.34. The monoisotopic (exact) mass is 308 g/mol. The Hall–Kier alpha value is -0.810. The molecule has 2 N–H and O–H groups in total. The number of nitrogens with zero attached hydrogens (tertiary/aromatic N) is 2. The summed E-state index contributed by atoms with van der Waals surface area (Å²) in [7, 11) is 0. The van der Waals surface area contributed by atoms with E-state index >= 15 is 0 Å². The summed E-state index contributed by atoms with van der Waals surface area (Å²) in [6.45, 7) is 8.72. The lowest BCUT2D eigenvalue weighted by molar-refractivity contribution is 0.0992. The molecule has 0 amide bonds. The number of rotatable bonds is 6. The molecule has 0 aromatic heterocycles. The molecule has 0 aromatic carbocycles.